The van der Waals surface area contributed by atoms with E-state index in [0.29, 0.717) is 18.7 Å². The number of rotatable bonds is 4. The van der Waals surface area contributed by atoms with Gasteiger partial charge in [-0.3, -0.25) is 9.59 Å². The number of carbonyl (C=O) groups is 3. The van der Waals surface area contributed by atoms with E-state index in [0.717, 1.165) is 0 Å². The summed E-state index contributed by atoms with van der Waals surface area (Å²) in [5.74, 6) is -1.57. The highest BCUT2D eigenvalue weighted by Gasteiger charge is 2.33. The van der Waals surface area contributed by atoms with Crippen molar-refractivity contribution in [3.05, 3.63) is 12.2 Å². The molecule has 1 fully saturated rings. The van der Waals surface area contributed by atoms with Crippen molar-refractivity contribution >= 4 is 17.8 Å². The lowest BCUT2D eigenvalue weighted by Gasteiger charge is -2.35. The van der Waals surface area contributed by atoms with Gasteiger partial charge in [-0.2, -0.15) is 0 Å². The van der Waals surface area contributed by atoms with Crippen LogP contribution >= 0.6 is 0 Å². The summed E-state index contributed by atoms with van der Waals surface area (Å²) in [5.41, 5.74) is 0.308. The molecule has 1 unspecified atom stereocenters. The molecule has 0 aliphatic carbocycles. The van der Waals surface area contributed by atoms with Crippen LogP contribution in [0.2, 0.25) is 0 Å². The third-order valence-electron chi connectivity index (χ3n) is 2.80. The lowest BCUT2D eigenvalue weighted by atomic mass is 10.2. The van der Waals surface area contributed by atoms with E-state index in [2.05, 4.69) is 6.58 Å². The highest BCUT2D eigenvalue weighted by Crippen LogP contribution is 2.08. The summed E-state index contributed by atoms with van der Waals surface area (Å²) in [4.78, 5) is 37.3. The molecule has 1 aliphatic heterocycles. The molecule has 0 saturated carbocycles. The Balaban J connectivity index is 2.54. The van der Waals surface area contributed by atoms with Gasteiger partial charge in [0.05, 0.1) is 6.04 Å². The number of amides is 2. The fourth-order valence-corrected chi connectivity index (χ4v) is 1.58. The summed E-state index contributed by atoms with van der Waals surface area (Å²) in [6.45, 7) is 7.76. The van der Waals surface area contributed by atoms with E-state index in [9.17, 15) is 14.4 Å². The van der Waals surface area contributed by atoms with Crippen LogP contribution in [0.15, 0.2) is 12.2 Å². The molecule has 0 spiro atoms. The molecule has 0 N–H and O–H groups in total. The highest BCUT2D eigenvalue weighted by molar-refractivity contribution is 6.35. The number of hydrogen-bond acceptors (Lipinski definition) is 4. The fraction of sp³-hybridized carbons (Fsp3) is 0.583. The Hall–Kier alpha value is -1.85. The topological polar surface area (TPSA) is 66.9 Å². The van der Waals surface area contributed by atoms with Gasteiger partial charge in [0, 0.05) is 25.7 Å². The average molecular weight is 254 g/mol. The Labute approximate surface area is 106 Å². The van der Waals surface area contributed by atoms with E-state index in [1.165, 1.54) is 9.80 Å². The van der Waals surface area contributed by atoms with Crippen molar-refractivity contribution in [2.75, 3.05) is 26.7 Å². The number of carbonyl (C=O) groups excluding carboxylic acids is 3. The molecule has 18 heavy (non-hydrogen) atoms. The van der Waals surface area contributed by atoms with Crippen LogP contribution in [0.4, 0.5) is 0 Å². The third kappa shape index (κ3) is 3.09. The molecule has 0 aromatic rings. The first-order chi connectivity index (χ1) is 8.34. The van der Waals surface area contributed by atoms with Crippen molar-refractivity contribution in [3.8, 4) is 0 Å². The van der Waals surface area contributed by atoms with Crippen molar-refractivity contribution in [1.29, 1.82) is 0 Å². The summed E-state index contributed by atoms with van der Waals surface area (Å²) in [6, 6.07) is -0.321. The zero-order chi connectivity index (χ0) is 13.9. The summed E-state index contributed by atoms with van der Waals surface area (Å²) in [6.07, 6.45) is 0. The number of esters is 1. The first-order valence-corrected chi connectivity index (χ1v) is 5.73. The van der Waals surface area contributed by atoms with E-state index < -0.39 is 17.8 Å². The maximum atomic E-state index is 11.7. The fourth-order valence-electron chi connectivity index (χ4n) is 1.58. The number of nitrogens with zero attached hydrogens (tertiary/aromatic N) is 2. The Morgan fingerprint density at radius 3 is 2.56 bits per heavy atom. The molecule has 1 rings (SSSR count). The van der Waals surface area contributed by atoms with Crippen molar-refractivity contribution in [1.82, 2.24) is 9.80 Å². The zero-order valence-corrected chi connectivity index (χ0v) is 10.9. The van der Waals surface area contributed by atoms with Crippen molar-refractivity contribution in [2.24, 2.45) is 0 Å². The Morgan fingerprint density at radius 1 is 1.39 bits per heavy atom. The lowest BCUT2D eigenvalue weighted by Crippen LogP contribution is -2.56. The third-order valence-corrected chi connectivity index (χ3v) is 2.80. The van der Waals surface area contributed by atoms with E-state index in [1.807, 2.05) is 0 Å². The molecule has 1 aliphatic rings. The molecule has 2 amide bonds. The summed E-state index contributed by atoms with van der Waals surface area (Å²) < 4.78 is 4.97. The predicted octanol–water partition coefficient (Wildman–Crippen LogP) is -0.205. The number of ether oxygens (including phenoxy) is 1. The first kappa shape index (κ1) is 14.2. The second kappa shape index (κ2) is 5.66. The predicted molar refractivity (Wildman–Crippen MR) is 64.6 cm³/mol. The SMILES string of the molecule is C=C(C)C(=O)OCC(C)N1CCN(C)C(=O)C1=O. The summed E-state index contributed by atoms with van der Waals surface area (Å²) in [5, 5.41) is 0. The van der Waals surface area contributed by atoms with Crippen LogP contribution in [0.3, 0.4) is 0 Å². The minimum absolute atomic E-state index is 0.0639. The smallest absolute Gasteiger partial charge is 0.333 e. The van der Waals surface area contributed by atoms with Crippen molar-refractivity contribution in [3.63, 3.8) is 0 Å². The molecule has 1 saturated heterocycles. The maximum absolute atomic E-state index is 11.7. The monoisotopic (exact) mass is 254 g/mol. The zero-order valence-electron chi connectivity index (χ0n) is 10.9. The molecule has 0 aromatic heterocycles. The van der Waals surface area contributed by atoms with Gasteiger partial charge >= 0.3 is 17.8 Å². The van der Waals surface area contributed by atoms with Gasteiger partial charge in [-0.1, -0.05) is 6.58 Å². The van der Waals surface area contributed by atoms with Gasteiger partial charge in [0.2, 0.25) is 0 Å². The molecule has 1 heterocycles. The molecule has 6 heteroatoms. The van der Waals surface area contributed by atoms with Gasteiger partial charge in [-0.15, -0.1) is 0 Å². The second-order valence-corrected chi connectivity index (χ2v) is 4.45. The number of piperazine rings is 1. The summed E-state index contributed by atoms with van der Waals surface area (Å²) >= 11 is 0. The molecule has 0 radical (unpaired) electrons. The van der Waals surface area contributed by atoms with Gasteiger partial charge in [-0.25, -0.2) is 4.79 Å². The minimum Gasteiger partial charge on any atom is -0.460 e. The normalized spacial score (nSPS) is 17.7. The van der Waals surface area contributed by atoms with Crippen LogP contribution in [0.5, 0.6) is 0 Å². The largest absolute Gasteiger partial charge is 0.460 e. The van der Waals surface area contributed by atoms with Crippen LogP contribution in [-0.4, -0.2) is 60.4 Å². The van der Waals surface area contributed by atoms with Crippen LogP contribution < -0.4 is 0 Å². The van der Waals surface area contributed by atoms with E-state index >= 15 is 0 Å². The molecular weight excluding hydrogens is 236 g/mol. The molecule has 6 nitrogen and oxygen atoms in total. The maximum Gasteiger partial charge on any atom is 0.333 e. The van der Waals surface area contributed by atoms with Gasteiger partial charge < -0.3 is 14.5 Å². The molecule has 100 valence electrons. The number of hydrogen-bond donors (Lipinski definition) is 0. The van der Waals surface area contributed by atoms with Crippen molar-refractivity contribution < 1.29 is 19.1 Å². The summed E-state index contributed by atoms with van der Waals surface area (Å²) in [7, 11) is 1.59. The van der Waals surface area contributed by atoms with Crippen LogP contribution in [0, 0.1) is 0 Å². The van der Waals surface area contributed by atoms with Gasteiger partial charge in [0.25, 0.3) is 0 Å². The molecule has 0 bridgehead atoms. The van der Waals surface area contributed by atoms with Crippen molar-refractivity contribution in [2.45, 2.75) is 19.9 Å². The quantitative estimate of drug-likeness (QED) is 0.396. The first-order valence-electron chi connectivity index (χ1n) is 5.73. The highest BCUT2D eigenvalue weighted by atomic mass is 16.5. The van der Waals surface area contributed by atoms with E-state index in [1.54, 1.807) is 20.9 Å². The van der Waals surface area contributed by atoms with Gasteiger partial charge in [-0.05, 0) is 13.8 Å². The van der Waals surface area contributed by atoms with Gasteiger partial charge in [0.1, 0.15) is 6.61 Å². The molecular formula is C12H18N2O4. The minimum atomic E-state index is -0.553. The van der Waals surface area contributed by atoms with Crippen LogP contribution in [0.25, 0.3) is 0 Å². The van der Waals surface area contributed by atoms with Crippen LogP contribution in [-0.2, 0) is 19.1 Å². The van der Waals surface area contributed by atoms with Gasteiger partial charge in [0.15, 0.2) is 0 Å². The second-order valence-electron chi connectivity index (χ2n) is 4.45. The molecule has 0 aromatic carbocycles. The van der Waals surface area contributed by atoms with Crippen LogP contribution in [0.1, 0.15) is 13.8 Å². The van der Waals surface area contributed by atoms with E-state index in [4.69, 9.17) is 4.74 Å². The standard InChI is InChI=1S/C12H18N2O4/c1-8(2)12(17)18-7-9(3)14-6-5-13(4)10(15)11(14)16/h9H,1,5-7H2,2-4H3. The lowest BCUT2D eigenvalue weighted by molar-refractivity contribution is -0.158. The average Bonchev–Trinajstić information content (AvgIpc) is 2.32. The Bertz CT molecular complexity index is 392. The Kier molecular flexibility index (Phi) is 4.47. The molecule has 1 atom stereocenters. The Morgan fingerprint density at radius 2 is 2.00 bits per heavy atom. The number of likely N-dealkylation sites (N-methyl/N-ethyl adjacent to an activating group) is 1. The van der Waals surface area contributed by atoms with E-state index in [-0.39, 0.29) is 12.6 Å².